The summed E-state index contributed by atoms with van der Waals surface area (Å²) in [6, 6.07) is 0. The van der Waals surface area contributed by atoms with Crippen LogP contribution in [0.25, 0.3) is 5.78 Å². The van der Waals surface area contributed by atoms with E-state index in [1.54, 1.807) is 19.3 Å². The number of esters is 1. The molecule has 2 aromatic heterocycles. The first-order valence-electron chi connectivity index (χ1n) is 4.25. The van der Waals surface area contributed by atoms with E-state index >= 15 is 0 Å². The maximum absolute atomic E-state index is 11.4. The van der Waals surface area contributed by atoms with E-state index in [-0.39, 0.29) is 5.82 Å². The summed E-state index contributed by atoms with van der Waals surface area (Å²) < 4.78 is 7.04. The minimum Gasteiger partial charge on any atom is -0.460 e. The summed E-state index contributed by atoms with van der Waals surface area (Å²) in [6.45, 7) is 2.03. The van der Waals surface area contributed by atoms with Crippen LogP contribution in [0.4, 0.5) is 0 Å². The lowest BCUT2D eigenvalue weighted by molar-refractivity contribution is 0.0510. The number of aromatic nitrogens is 4. The van der Waals surface area contributed by atoms with Gasteiger partial charge in [0.05, 0.1) is 11.1 Å². The van der Waals surface area contributed by atoms with Crippen molar-refractivity contribution < 1.29 is 9.53 Å². The van der Waals surface area contributed by atoms with Crippen molar-refractivity contribution in [2.45, 2.75) is 6.92 Å². The molecule has 2 aromatic rings. The number of carbonyl (C=O) groups excluding carboxylic acids is 1. The molecule has 0 saturated carbocycles. The Morgan fingerprint density at radius 1 is 1.60 bits per heavy atom. The second-order valence-corrected chi connectivity index (χ2v) is 3.60. The first kappa shape index (κ1) is 10.0. The molecular weight excluding hydrogens is 264 g/mol. The molecule has 0 aliphatic rings. The lowest BCUT2D eigenvalue weighted by atomic mass is 10.6. The summed E-state index contributed by atoms with van der Waals surface area (Å²) in [4.78, 5) is 15.4. The van der Waals surface area contributed by atoms with Crippen molar-refractivity contribution in [1.29, 1.82) is 0 Å². The molecule has 0 aliphatic carbocycles. The lowest BCUT2D eigenvalue weighted by Gasteiger charge is -1.99. The topological polar surface area (TPSA) is 69.4 Å². The second kappa shape index (κ2) is 3.93. The van der Waals surface area contributed by atoms with Gasteiger partial charge in [0, 0.05) is 12.4 Å². The highest BCUT2D eigenvalue weighted by molar-refractivity contribution is 9.10. The standard InChI is InChI=1S/C8H7BrN4O2/c1-2-15-7(14)6-11-12-8-10-3-5(9)4-13(6)8/h3-4H,2H2,1H3. The summed E-state index contributed by atoms with van der Waals surface area (Å²) in [5.74, 6) is -0.0215. The minimum atomic E-state index is -0.509. The molecule has 0 amide bonds. The fraction of sp³-hybridized carbons (Fsp3) is 0.250. The first-order chi connectivity index (χ1) is 7.22. The van der Waals surface area contributed by atoms with Gasteiger partial charge in [-0.05, 0) is 22.9 Å². The molecule has 0 unspecified atom stereocenters. The maximum Gasteiger partial charge on any atom is 0.376 e. The van der Waals surface area contributed by atoms with E-state index < -0.39 is 5.97 Å². The van der Waals surface area contributed by atoms with Crippen molar-refractivity contribution in [3.05, 3.63) is 22.7 Å². The first-order valence-corrected chi connectivity index (χ1v) is 5.05. The average molecular weight is 271 g/mol. The van der Waals surface area contributed by atoms with E-state index in [1.165, 1.54) is 4.40 Å². The van der Waals surface area contributed by atoms with Gasteiger partial charge in [-0.3, -0.25) is 4.40 Å². The van der Waals surface area contributed by atoms with Crippen molar-refractivity contribution in [1.82, 2.24) is 19.6 Å². The van der Waals surface area contributed by atoms with Gasteiger partial charge in [-0.15, -0.1) is 10.2 Å². The van der Waals surface area contributed by atoms with Crippen LogP contribution in [-0.4, -0.2) is 32.2 Å². The van der Waals surface area contributed by atoms with Crippen LogP contribution in [0.1, 0.15) is 17.5 Å². The van der Waals surface area contributed by atoms with E-state index in [4.69, 9.17) is 4.74 Å². The Morgan fingerprint density at radius 2 is 2.40 bits per heavy atom. The summed E-state index contributed by atoms with van der Waals surface area (Å²) in [5.41, 5.74) is 0. The third kappa shape index (κ3) is 1.82. The number of rotatable bonds is 2. The lowest BCUT2D eigenvalue weighted by Crippen LogP contribution is -2.09. The van der Waals surface area contributed by atoms with Crippen LogP contribution in [-0.2, 0) is 4.74 Å². The number of hydrogen-bond donors (Lipinski definition) is 0. The molecule has 0 spiro atoms. The molecule has 0 aromatic carbocycles. The number of ether oxygens (including phenoxy) is 1. The van der Waals surface area contributed by atoms with E-state index in [1.807, 2.05) is 0 Å². The zero-order chi connectivity index (χ0) is 10.8. The zero-order valence-electron chi connectivity index (χ0n) is 7.85. The summed E-state index contributed by atoms with van der Waals surface area (Å²) in [6.07, 6.45) is 3.24. The fourth-order valence-electron chi connectivity index (χ4n) is 1.10. The molecule has 0 bridgehead atoms. The maximum atomic E-state index is 11.4. The minimum absolute atomic E-state index is 0.126. The summed E-state index contributed by atoms with van der Waals surface area (Å²) in [5, 5.41) is 7.45. The highest BCUT2D eigenvalue weighted by Gasteiger charge is 2.15. The van der Waals surface area contributed by atoms with Gasteiger partial charge in [0.2, 0.25) is 5.82 Å². The van der Waals surface area contributed by atoms with Gasteiger partial charge in [0.1, 0.15) is 0 Å². The van der Waals surface area contributed by atoms with Gasteiger partial charge in [0.25, 0.3) is 5.78 Å². The quantitative estimate of drug-likeness (QED) is 0.764. The van der Waals surface area contributed by atoms with Gasteiger partial charge in [-0.1, -0.05) is 0 Å². The van der Waals surface area contributed by atoms with Gasteiger partial charge < -0.3 is 4.74 Å². The van der Waals surface area contributed by atoms with Crippen LogP contribution < -0.4 is 0 Å². The highest BCUT2D eigenvalue weighted by atomic mass is 79.9. The predicted molar refractivity (Wildman–Crippen MR) is 54.4 cm³/mol. The van der Waals surface area contributed by atoms with Gasteiger partial charge in [-0.25, -0.2) is 9.78 Å². The molecular formula is C8H7BrN4O2. The number of hydrogen-bond acceptors (Lipinski definition) is 5. The SMILES string of the molecule is CCOC(=O)c1nnc2ncc(Br)cn12. The van der Waals surface area contributed by atoms with E-state index in [0.29, 0.717) is 12.4 Å². The van der Waals surface area contributed by atoms with Gasteiger partial charge in [0.15, 0.2) is 0 Å². The normalized spacial score (nSPS) is 10.5. The van der Waals surface area contributed by atoms with Crippen molar-refractivity contribution in [3.8, 4) is 0 Å². The smallest absolute Gasteiger partial charge is 0.376 e. The summed E-state index contributed by atoms with van der Waals surface area (Å²) in [7, 11) is 0. The molecule has 2 rings (SSSR count). The van der Waals surface area contributed by atoms with Crippen LogP contribution in [0.15, 0.2) is 16.9 Å². The zero-order valence-corrected chi connectivity index (χ0v) is 9.43. The van der Waals surface area contributed by atoms with Crippen LogP contribution in [0.3, 0.4) is 0 Å². The Balaban J connectivity index is 2.52. The number of carbonyl (C=O) groups is 1. The number of fused-ring (bicyclic) bond motifs is 1. The highest BCUT2D eigenvalue weighted by Crippen LogP contribution is 2.09. The monoisotopic (exact) mass is 270 g/mol. The van der Waals surface area contributed by atoms with Crippen molar-refractivity contribution in [2.24, 2.45) is 0 Å². The Kier molecular flexibility index (Phi) is 2.63. The molecule has 0 saturated heterocycles. The van der Waals surface area contributed by atoms with Gasteiger partial charge >= 0.3 is 5.97 Å². The van der Waals surface area contributed by atoms with Crippen LogP contribution in [0.2, 0.25) is 0 Å². The van der Waals surface area contributed by atoms with Crippen LogP contribution in [0.5, 0.6) is 0 Å². The molecule has 0 atom stereocenters. The third-order valence-corrected chi connectivity index (χ3v) is 2.10. The molecule has 15 heavy (non-hydrogen) atoms. The Hall–Kier alpha value is -1.50. The van der Waals surface area contributed by atoms with Crippen molar-refractivity contribution >= 4 is 27.7 Å². The molecule has 7 heteroatoms. The molecule has 6 nitrogen and oxygen atoms in total. The van der Waals surface area contributed by atoms with Crippen LogP contribution >= 0.6 is 15.9 Å². The van der Waals surface area contributed by atoms with Gasteiger partial charge in [-0.2, -0.15) is 0 Å². The number of halogens is 1. The molecule has 0 radical (unpaired) electrons. The Labute approximate surface area is 93.4 Å². The Morgan fingerprint density at radius 3 is 3.13 bits per heavy atom. The van der Waals surface area contributed by atoms with E-state index in [2.05, 4.69) is 31.1 Å². The second-order valence-electron chi connectivity index (χ2n) is 2.69. The fourth-order valence-corrected chi connectivity index (χ4v) is 1.41. The average Bonchev–Trinajstić information content (AvgIpc) is 2.60. The molecule has 0 aliphatic heterocycles. The van der Waals surface area contributed by atoms with Crippen molar-refractivity contribution in [2.75, 3.05) is 6.61 Å². The Bertz CT molecular complexity index is 510. The molecule has 78 valence electrons. The summed E-state index contributed by atoms with van der Waals surface area (Å²) >= 11 is 3.25. The van der Waals surface area contributed by atoms with E-state index in [9.17, 15) is 4.79 Å². The number of nitrogens with zero attached hydrogens (tertiary/aromatic N) is 4. The predicted octanol–water partition coefficient (Wildman–Crippen LogP) is 1.06. The molecule has 0 fully saturated rings. The van der Waals surface area contributed by atoms with Crippen LogP contribution in [0, 0.1) is 0 Å². The largest absolute Gasteiger partial charge is 0.460 e. The third-order valence-electron chi connectivity index (χ3n) is 1.69. The molecule has 0 N–H and O–H groups in total. The van der Waals surface area contributed by atoms with Crippen molar-refractivity contribution in [3.63, 3.8) is 0 Å². The molecule has 2 heterocycles. The van der Waals surface area contributed by atoms with E-state index in [0.717, 1.165) is 4.47 Å².